The first-order valence-corrected chi connectivity index (χ1v) is 12.5. The van der Waals surface area contributed by atoms with Gasteiger partial charge in [0.1, 0.15) is 6.33 Å². The molecular weight excluding hydrogens is 502 g/mol. The Morgan fingerprint density at radius 2 is 1.76 bits per heavy atom. The normalized spacial score (nSPS) is 12.9. The number of nitrogens with zero attached hydrogens (tertiary/aromatic N) is 4. The van der Waals surface area contributed by atoms with Crippen LogP contribution in [0.1, 0.15) is 34.2 Å². The van der Waals surface area contributed by atoms with Crippen LogP contribution in [0.3, 0.4) is 0 Å². The molecule has 1 amide bonds. The molecule has 2 N–H and O–H groups in total. The highest BCUT2D eigenvalue weighted by Gasteiger charge is 2.38. The zero-order valence-corrected chi connectivity index (χ0v) is 21.9. The molecule has 0 aliphatic carbocycles. The van der Waals surface area contributed by atoms with E-state index >= 15 is 0 Å². The van der Waals surface area contributed by atoms with Crippen LogP contribution in [0.4, 0.5) is 0 Å². The van der Waals surface area contributed by atoms with Crippen LogP contribution in [0.15, 0.2) is 83.9 Å². The average Bonchev–Trinajstić information content (AvgIpc) is 3.36. The minimum Gasteiger partial charge on any atom is -0.373 e. The van der Waals surface area contributed by atoms with Crippen LogP contribution in [0, 0.1) is 0 Å². The predicted molar refractivity (Wildman–Crippen MR) is 147 cm³/mol. The third kappa shape index (κ3) is 4.27. The van der Waals surface area contributed by atoms with Crippen molar-refractivity contribution >= 4 is 28.4 Å². The number of hydrogen-bond donors (Lipinski definition) is 2. The molecule has 0 aliphatic heterocycles. The van der Waals surface area contributed by atoms with Gasteiger partial charge in [0.15, 0.2) is 11.4 Å². The second-order valence-electron chi connectivity index (χ2n) is 9.11. The van der Waals surface area contributed by atoms with Gasteiger partial charge in [-0.05, 0) is 65.6 Å². The molecular formula is C29H26ClN5O3. The van der Waals surface area contributed by atoms with Gasteiger partial charge in [-0.1, -0.05) is 41.9 Å². The van der Waals surface area contributed by atoms with Crippen molar-refractivity contribution in [3.63, 3.8) is 0 Å². The number of hydrogen-bond acceptors (Lipinski definition) is 5. The monoisotopic (exact) mass is 527 g/mol. The first-order chi connectivity index (χ1) is 18.2. The van der Waals surface area contributed by atoms with Gasteiger partial charge in [-0.25, -0.2) is 0 Å². The maximum absolute atomic E-state index is 12.8. The van der Waals surface area contributed by atoms with E-state index in [4.69, 9.17) is 11.6 Å². The molecule has 3 aromatic carbocycles. The van der Waals surface area contributed by atoms with Crippen LogP contribution >= 0.6 is 11.6 Å². The molecule has 5 aromatic rings. The fourth-order valence-corrected chi connectivity index (χ4v) is 4.93. The lowest BCUT2D eigenvalue weighted by Crippen LogP contribution is -2.32. The van der Waals surface area contributed by atoms with Crippen LogP contribution in [0.5, 0.6) is 0 Å². The standard InChI is InChI=1S/C29H26ClN5O3/c1-4-31-27(37)18-8-10-20(11-9-18)29(38,28-33-32-17-34(28)2)21-12-13-25-24(15-21)23(16-26(36)35(25)3)19-6-5-7-22(30)14-19/h5-17,38H,4H2,1-3H3,(H,31,37). The number of rotatable bonds is 6. The number of carbonyl (C=O) groups excluding carboxylic acids is 1. The third-order valence-corrected chi connectivity index (χ3v) is 6.97. The number of halogens is 1. The van der Waals surface area contributed by atoms with Gasteiger partial charge >= 0.3 is 0 Å². The summed E-state index contributed by atoms with van der Waals surface area (Å²) in [4.78, 5) is 25.1. The second kappa shape index (κ2) is 9.89. The Balaban J connectivity index is 1.76. The van der Waals surface area contributed by atoms with Gasteiger partial charge in [0, 0.05) is 42.7 Å². The summed E-state index contributed by atoms with van der Waals surface area (Å²) in [6, 6.07) is 21.1. The number of aliphatic hydroxyl groups is 1. The summed E-state index contributed by atoms with van der Waals surface area (Å²) in [7, 11) is 3.46. The number of amides is 1. The first-order valence-electron chi connectivity index (χ1n) is 12.1. The molecule has 8 nitrogen and oxygen atoms in total. The van der Waals surface area contributed by atoms with Gasteiger partial charge in [-0.3, -0.25) is 9.59 Å². The number of carbonyl (C=O) groups is 1. The van der Waals surface area contributed by atoms with Crippen molar-refractivity contribution in [1.29, 1.82) is 0 Å². The molecule has 2 aromatic heterocycles. The molecule has 5 rings (SSSR count). The summed E-state index contributed by atoms with van der Waals surface area (Å²) in [5, 5.41) is 24.7. The molecule has 9 heteroatoms. The predicted octanol–water partition coefficient (Wildman–Crippen LogP) is 4.02. The van der Waals surface area contributed by atoms with Crippen LogP contribution in [0.25, 0.3) is 22.0 Å². The van der Waals surface area contributed by atoms with Gasteiger partial charge in [-0.15, -0.1) is 10.2 Å². The van der Waals surface area contributed by atoms with E-state index in [-0.39, 0.29) is 11.5 Å². The van der Waals surface area contributed by atoms with Gasteiger partial charge in [-0.2, -0.15) is 0 Å². The lowest BCUT2D eigenvalue weighted by Gasteiger charge is -2.29. The summed E-state index contributed by atoms with van der Waals surface area (Å²) < 4.78 is 3.22. The third-order valence-electron chi connectivity index (χ3n) is 6.74. The van der Waals surface area contributed by atoms with Crippen LogP contribution in [0.2, 0.25) is 5.02 Å². The Morgan fingerprint density at radius 3 is 2.42 bits per heavy atom. The highest BCUT2D eigenvalue weighted by atomic mass is 35.5. The minimum absolute atomic E-state index is 0.162. The van der Waals surface area contributed by atoms with Crippen molar-refractivity contribution in [2.75, 3.05) is 6.54 Å². The van der Waals surface area contributed by atoms with E-state index < -0.39 is 5.60 Å². The number of pyridine rings is 1. The van der Waals surface area contributed by atoms with Crippen molar-refractivity contribution in [3.8, 4) is 11.1 Å². The summed E-state index contributed by atoms with van der Waals surface area (Å²) in [6.07, 6.45) is 1.52. The van der Waals surface area contributed by atoms with E-state index in [1.165, 1.54) is 6.33 Å². The smallest absolute Gasteiger partial charge is 0.251 e. The number of nitrogens with one attached hydrogen (secondary N) is 1. The van der Waals surface area contributed by atoms with Crippen LogP contribution in [-0.2, 0) is 19.7 Å². The molecule has 0 fully saturated rings. The molecule has 1 unspecified atom stereocenters. The van der Waals surface area contributed by atoms with Gasteiger partial charge in [0.2, 0.25) is 0 Å². The second-order valence-corrected chi connectivity index (χ2v) is 9.55. The first kappa shape index (κ1) is 25.4. The molecule has 38 heavy (non-hydrogen) atoms. The lowest BCUT2D eigenvalue weighted by molar-refractivity contribution is 0.0954. The van der Waals surface area contributed by atoms with Crippen LogP contribution < -0.4 is 10.9 Å². The molecule has 2 heterocycles. The van der Waals surface area contributed by atoms with E-state index in [0.717, 1.165) is 10.9 Å². The maximum atomic E-state index is 12.8. The Labute approximate surface area is 224 Å². The summed E-state index contributed by atoms with van der Waals surface area (Å²) in [6.45, 7) is 2.37. The fourth-order valence-electron chi connectivity index (χ4n) is 4.74. The molecule has 0 spiro atoms. The molecule has 0 bridgehead atoms. The zero-order chi connectivity index (χ0) is 27.0. The molecule has 0 radical (unpaired) electrons. The number of benzene rings is 3. The van der Waals surface area contributed by atoms with Crippen molar-refractivity contribution in [2.45, 2.75) is 12.5 Å². The summed E-state index contributed by atoms with van der Waals surface area (Å²) in [5.41, 5.74) is 1.81. The average molecular weight is 528 g/mol. The lowest BCUT2D eigenvalue weighted by atomic mass is 9.83. The van der Waals surface area contributed by atoms with E-state index in [2.05, 4.69) is 15.5 Å². The van der Waals surface area contributed by atoms with Gasteiger partial charge < -0.3 is 19.6 Å². The van der Waals surface area contributed by atoms with Crippen molar-refractivity contribution < 1.29 is 9.90 Å². The minimum atomic E-state index is -1.71. The van der Waals surface area contributed by atoms with E-state index in [0.29, 0.717) is 45.2 Å². The quantitative estimate of drug-likeness (QED) is 0.347. The molecule has 1 atom stereocenters. The Hall–Kier alpha value is -4.27. The van der Waals surface area contributed by atoms with Crippen molar-refractivity contribution in [3.05, 3.63) is 117 Å². The Morgan fingerprint density at radius 1 is 1.03 bits per heavy atom. The summed E-state index contributed by atoms with van der Waals surface area (Å²) >= 11 is 6.27. The Bertz CT molecular complexity index is 1730. The largest absolute Gasteiger partial charge is 0.373 e. The van der Waals surface area contributed by atoms with Gasteiger partial charge in [0.05, 0.1) is 5.52 Å². The van der Waals surface area contributed by atoms with Crippen LogP contribution in [-0.4, -0.2) is 36.9 Å². The van der Waals surface area contributed by atoms with Crippen molar-refractivity contribution in [1.82, 2.24) is 24.6 Å². The molecule has 0 saturated carbocycles. The highest BCUT2D eigenvalue weighted by Crippen LogP contribution is 2.38. The zero-order valence-electron chi connectivity index (χ0n) is 21.1. The fraction of sp³-hybridized carbons (Fsp3) is 0.172. The van der Waals surface area contributed by atoms with E-state index in [1.54, 1.807) is 71.8 Å². The van der Waals surface area contributed by atoms with E-state index in [9.17, 15) is 14.7 Å². The number of fused-ring (bicyclic) bond motifs is 1. The number of aromatic nitrogens is 4. The molecule has 192 valence electrons. The molecule has 0 aliphatic rings. The maximum Gasteiger partial charge on any atom is 0.251 e. The Kier molecular flexibility index (Phi) is 6.60. The SMILES string of the molecule is CCNC(=O)c1ccc(C(O)(c2ccc3c(c2)c(-c2cccc(Cl)c2)cc(=O)n3C)c2nncn2C)cc1. The van der Waals surface area contributed by atoms with E-state index in [1.807, 2.05) is 31.2 Å². The number of aryl methyl sites for hydroxylation is 2. The topological polar surface area (TPSA) is 102 Å². The van der Waals surface area contributed by atoms with Gasteiger partial charge in [0.25, 0.3) is 11.5 Å². The van der Waals surface area contributed by atoms with Crippen molar-refractivity contribution in [2.24, 2.45) is 14.1 Å². The molecule has 0 saturated heterocycles. The summed E-state index contributed by atoms with van der Waals surface area (Å²) in [5.74, 6) is 0.107. The highest BCUT2D eigenvalue weighted by molar-refractivity contribution is 6.30.